The first kappa shape index (κ1) is 9.25. The molecular formula is C12H14NO. The molecule has 0 saturated heterocycles. The van der Waals surface area contributed by atoms with Gasteiger partial charge in [0.25, 0.3) is 0 Å². The molecule has 2 rings (SSSR count). The van der Waals surface area contributed by atoms with Crippen LogP contribution in [0.1, 0.15) is 19.3 Å². The van der Waals surface area contributed by atoms with Gasteiger partial charge in [0.05, 0.1) is 6.61 Å². The van der Waals surface area contributed by atoms with Crippen molar-refractivity contribution in [2.45, 2.75) is 19.3 Å². The lowest BCUT2D eigenvalue weighted by atomic mass is 10.2. The van der Waals surface area contributed by atoms with Gasteiger partial charge in [-0.2, -0.15) is 0 Å². The molecule has 0 amide bonds. The Morgan fingerprint density at radius 2 is 2.21 bits per heavy atom. The normalized spacial score (nSPS) is 15.3. The van der Waals surface area contributed by atoms with Crippen LogP contribution in [-0.4, -0.2) is 18.9 Å². The van der Waals surface area contributed by atoms with Crippen LogP contribution >= 0.6 is 0 Å². The van der Waals surface area contributed by atoms with Crippen molar-refractivity contribution in [2.24, 2.45) is 4.99 Å². The third kappa shape index (κ3) is 2.59. The second-order valence-corrected chi connectivity index (χ2v) is 3.39. The van der Waals surface area contributed by atoms with Gasteiger partial charge in [0.1, 0.15) is 5.75 Å². The monoisotopic (exact) mass is 188 g/mol. The summed E-state index contributed by atoms with van der Waals surface area (Å²) in [6, 6.07) is 10.5. The van der Waals surface area contributed by atoms with E-state index in [0.29, 0.717) is 0 Å². The quantitative estimate of drug-likeness (QED) is 0.711. The summed E-state index contributed by atoms with van der Waals surface area (Å²) in [5, 5.41) is 0. The van der Waals surface area contributed by atoms with E-state index in [4.69, 9.17) is 4.74 Å². The molecule has 2 nitrogen and oxygen atoms in total. The van der Waals surface area contributed by atoms with Crippen LogP contribution < -0.4 is 4.74 Å². The molecule has 0 bridgehead atoms. The fourth-order valence-corrected chi connectivity index (χ4v) is 1.56. The van der Waals surface area contributed by atoms with Crippen molar-refractivity contribution < 1.29 is 4.74 Å². The fraction of sp³-hybridized carbons (Fsp3) is 0.417. The van der Waals surface area contributed by atoms with E-state index in [2.05, 4.69) is 11.1 Å². The highest BCUT2D eigenvalue weighted by atomic mass is 16.5. The Kier molecular flexibility index (Phi) is 3.17. The SMILES string of the molecule is [c]1ccc(OCCC2=NCCC2)cc1. The number of ether oxygens (including phenoxy) is 1. The molecule has 1 aromatic rings. The van der Waals surface area contributed by atoms with Crippen LogP contribution in [0.25, 0.3) is 0 Å². The lowest BCUT2D eigenvalue weighted by molar-refractivity contribution is 0.329. The Morgan fingerprint density at radius 3 is 2.93 bits per heavy atom. The smallest absolute Gasteiger partial charge is 0.119 e. The molecule has 0 N–H and O–H groups in total. The average Bonchev–Trinajstić information content (AvgIpc) is 2.72. The minimum atomic E-state index is 0.739. The van der Waals surface area contributed by atoms with E-state index in [-0.39, 0.29) is 0 Å². The van der Waals surface area contributed by atoms with Crippen LogP contribution in [0.2, 0.25) is 0 Å². The van der Waals surface area contributed by atoms with Gasteiger partial charge in [-0.05, 0) is 31.0 Å². The van der Waals surface area contributed by atoms with Gasteiger partial charge in [-0.15, -0.1) is 0 Å². The van der Waals surface area contributed by atoms with E-state index in [1.54, 1.807) is 0 Å². The highest BCUT2D eigenvalue weighted by molar-refractivity contribution is 5.85. The number of hydrogen-bond donors (Lipinski definition) is 0. The topological polar surface area (TPSA) is 21.6 Å². The Balaban J connectivity index is 1.73. The zero-order valence-electron chi connectivity index (χ0n) is 8.20. The van der Waals surface area contributed by atoms with E-state index in [1.165, 1.54) is 12.1 Å². The summed E-state index contributed by atoms with van der Waals surface area (Å²) in [5.41, 5.74) is 1.31. The molecule has 14 heavy (non-hydrogen) atoms. The molecule has 0 aliphatic carbocycles. The summed E-state index contributed by atoms with van der Waals surface area (Å²) in [6.45, 7) is 1.75. The maximum absolute atomic E-state index is 5.57. The van der Waals surface area contributed by atoms with E-state index >= 15 is 0 Å². The van der Waals surface area contributed by atoms with Crippen molar-refractivity contribution in [1.82, 2.24) is 0 Å². The summed E-state index contributed by atoms with van der Waals surface area (Å²) in [7, 11) is 0. The maximum Gasteiger partial charge on any atom is 0.119 e. The van der Waals surface area contributed by atoms with Crippen LogP contribution in [-0.2, 0) is 0 Å². The predicted octanol–water partition coefficient (Wildman–Crippen LogP) is 2.49. The number of aliphatic imine (C=N–C) groups is 1. The molecular weight excluding hydrogens is 174 g/mol. The van der Waals surface area contributed by atoms with Crippen molar-refractivity contribution >= 4 is 5.71 Å². The highest BCUT2D eigenvalue weighted by Gasteiger charge is 2.05. The first-order chi connectivity index (χ1) is 6.95. The molecule has 0 aromatic heterocycles. The molecule has 1 aliphatic heterocycles. The first-order valence-corrected chi connectivity index (χ1v) is 5.06. The van der Waals surface area contributed by atoms with Crippen molar-refractivity contribution in [3.63, 3.8) is 0 Å². The van der Waals surface area contributed by atoms with E-state index < -0.39 is 0 Å². The van der Waals surface area contributed by atoms with Gasteiger partial charge < -0.3 is 4.74 Å². The number of rotatable bonds is 4. The molecule has 1 radical (unpaired) electrons. The average molecular weight is 188 g/mol. The molecule has 0 unspecified atom stereocenters. The van der Waals surface area contributed by atoms with Crippen LogP contribution in [0.15, 0.2) is 29.3 Å². The molecule has 1 aromatic carbocycles. The molecule has 2 heteroatoms. The molecule has 73 valence electrons. The van der Waals surface area contributed by atoms with Crippen LogP contribution in [0.3, 0.4) is 0 Å². The van der Waals surface area contributed by atoms with Crippen LogP contribution in [0.4, 0.5) is 0 Å². The van der Waals surface area contributed by atoms with Gasteiger partial charge in [-0.3, -0.25) is 4.99 Å². The zero-order valence-corrected chi connectivity index (χ0v) is 8.20. The van der Waals surface area contributed by atoms with Crippen molar-refractivity contribution in [3.8, 4) is 5.75 Å². The van der Waals surface area contributed by atoms with Gasteiger partial charge in [-0.25, -0.2) is 0 Å². The lowest BCUT2D eigenvalue weighted by Crippen LogP contribution is -2.03. The van der Waals surface area contributed by atoms with Gasteiger partial charge in [0.15, 0.2) is 0 Å². The second kappa shape index (κ2) is 4.80. The van der Waals surface area contributed by atoms with E-state index in [1.807, 2.05) is 24.3 Å². The Morgan fingerprint density at radius 1 is 1.36 bits per heavy atom. The van der Waals surface area contributed by atoms with Gasteiger partial charge in [0, 0.05) is 18.7 Å². The number of benzene rings is 1. The van der Waals surface area contributed by atoms with Crippen LogP contribution in [0, 0.1) is 6.07 Å². The van der Waals surface area contributed by atoms with Gasteiger partial charge >= 0.3 is 0 Å². The third-order valence-corrected chi connectivity index (χ3v) is 2.31. The van der Waals surface area contributed by atoms with Crippen molar-refractivity contribution in [3.05, 3.63) is 30.3 Å². The van der Waals surface area contributed by atoms with Crippen molar-refractivity contribution in [1.29, 1.82) is 0 Å². The summed E-state index contributed by atoms with van der Waals surface area (Å²) in [5.74, 6) is 0.919. The van der Waals surface area contributed by atoms with Gasteiger partial charge in [-0.1, -0.05) is 12.1 Å². The highest BCUT2D eigenvalue weighted by Crippen LogP contribution is 2.10. The molecule has 0 atom stereocenters. The fourth-order valence-electron chi connectivity index (χ4n) is 1.56. The lowest BCUT2D eigenvalue weighted by Gasteiger charge is -2.04. The third-order valence-electron chi connectivity index (χ3n) is 2.31. The summed E-state index contributed by atoms with van der Waals surface area (Å²) in [6.07, 6.45) is 3.35. The minimum Gasteiger partial charge on any atom is -0.493 e. The maximum atomic E-state index is 5.57. The molecule has 0 spiro atoms. The molecule has 0 saturated carbocycles. The minimum absolute atomic E-state index is 0.739. The van der Waals surface area contributed by atoms with Gasteiger partial charge in [0.2, 0.25) is 0 Å². The summed E-state index contributed by atoms with van der Waals surface area (Å²) in [4.78, 5) is 4.40. The Bertz CT molecular complexity index is 305. The molecule has 1 aliphatic rings. The molecule has 0 fully saturated rings. The van der Waals surface area contributed by atoms with Crippen LogP contribution in [0.5, 0.6) is 5.75 Å². The Labute approximate surface area is 84.6 Å². The van der Waals surface area contributed by atoms with E-state index in [0.717, 1.165) is 31.7 Å². The largest absolute Gasteiger partial charge is 0.493 e. The number of hydrogen-bond acceptors (Lipinski definition) is 2. The predicted molar refractivity (Wildman–Crippen MR) is 56.9 cm³/mol. The summed E-state index contributed by atoms with van der Waals surface area (Å²) >= 11 is 0. The van der Waals surface area contributed by atoms with Crippen molar-refractivity contribution in [2.75, 3.05) is 13.2 Å². The second-order valence-electron chi connectivity index (χ2n) is 3.39. The zero-order chi connectivity index (χ0) is 9.64. The standard InChI is InChI=1S/C12H14NO/c1-2-6-12(7-3-1)14-10-8-11-5-4-9-13-11/h2-3,6-7H,4-5,8-10H2. The summed E-state index contributed by atoms with van der Waals surface area (Å²) < 4.78 is 5.57. The Hall–Kier alpha value is -1.31. The first-order valence-electron chi connectivity index (χ1n) is 5.06. The number of nitrogens with zero attached hydrogens (tertiary/aromatic N) is 1. The molecule has 1 heterocycles. The van der Waals surface area contributed by atoms with E-state index in [9.17, 15) is 0 Å².